The molecule has 0 spiro atoms. The molecule has 1 heterocycles. The molecule has 0 saturated heterocycles. The fourth-order valence-corrected chi connectivity index (χ4v) is 4.06. The maximum atomic E-state index is 6.32. The molecular weight excluding hydrogens is 409 g/mol. The van der Waals surface area contributed by atoms with Crippen molar-refractivity contribution >= 4 is 44.6 Å². The van der Waals surface area contributed by atoms with Crippen LogP contribution in [0.3, 0.4) is 0 Å². The molecule has 0 atom stereocenters. The third-order valence-corrected chi connectivity index (χ3v) is 5.43. The highest BCUT2D eigenvalue weighted by atomic mass is 127. The maximum absolute atomic E-state index is 6.32. The lowest BCUT2D eigenvalue weighted by Crippen LogP contribution is -2.07. The molecule has 1 aliphatic rings. The number of hydrogen-bond acceptors (Lipinski definition) is 2. The lowest BCUT2D eigenvalue weighted by molar-refractivity contribution is 0.485. The Morgan fingerprint density at radius 1 is 0.875 bits per heavy atom. The lowest BCUT2D eigenvalue weighted by Gasteiger charge is -2.14. The van der Waals surface area contributed by atoms with E-state index in [-0.39, 0.29) is 0 Å². The van der Waals surface area contributed by atoms with Gasteiger partial charge >= 0.3 is 0 Å². The van der Waals surface area contributed by atoms with Gasteiger partial charge in [-0.1, -0.05) is 42.5 Å². The minimum atomic E-state index is 0.693. The van der Waals surface area contributed by atoms with E-state index in [0.29, 0.717) is 5.55 Å². The number of benzene rings is 2. The monoisotopic (exact) mass is 427 g/mol. The summed E-state index contributed by atoms with van der Waals surface area (Å²) in [5.74, 6) is 0.990. The summed E-state index contributed by atoms with van der Waals surface area (Å²) < 4.78 is 7.51. The van der Waals surface area contributed by atoms with Crippen molar-refractivity contribution < 1.29 is 4.42 Å². The van der Waals surface area contributed by atoms with Gasteiger partial charge in [0.2, 0.25) is 5.55 Å². The average molecular weight is 427 g/mol. The van der Waals surface area contributed by atoms with Gasteiger partial charge in [0.1, 0.15) is 5.76 Å². The molecule has 0 radical (unpaired) electrons. The topological polar surface area (TPSA) is 25.5 Å². The number of halogens is 1. The highest BCUT2D eigenvalue weighted by molar-refractivity contribution is 14.1. The van der Waals surface area contributed by atoms with Gasteiger partial charge in [-0.3, -0.25) is 0 Å². The molecule has 4 rings (SSSR count). The number of para-hydroxylation sites is 1. The number of allylic oxidation sites excluding steroid dienone is 2. The summed E-state index contributed by atoms with van der Waals surface area (Å²) in [5, 5.41) is 2.27. The van der Waals surface area contributed by atoms with Crippen LogP contribution < -0.4 is 5.55 Å². The van der Waals surface area contributed by atoms with Gasteiger partial charge < -0.3 is 4.42 Å². The highest BCUT2D eigenvalue weighted by Crippen LogP contribution is 2.32. The quantitative estimate of drug-likeness (QED) is 0.446. The molecule has 0 fully saturated rings. The summed E-state index contributed by atoms with van der Waals surface area (Å²) in [6.07, 6.45) is 7.05. The summed E-state index contributed by atoms with van der Waals surface area (Å²) in [6, 6.07) is 18.4. The molecule has 120 valence electrons. The second kappa shape index (κ2) is 6.93. The van der Waals surface area contributed by atoms with Crippen LogP contribution >= 0.6 is 22.6 Å². The highest BCUT2D eigenvalue weighted by Gasteiger charge is 2.16. The van der Waals surface area contributed by atoms with Crippen molar-refractivity contribution in [3.63, 3.8) is 0 Å². The zero-order valence-electron chi connectivity index (χ0n) is 13.3. The molecule has 0 unspecified atom stereocenters. The fourth-order valence-electron chi connectivity index (χ4n) is 3.13. The van der Waals surface area contributed by atoms with Crippen LogP contribution in [0, 0.1) is 3.57 Å². The van der Waals surface area contributed by atoms with E-state index in [0.717, 1.165) is 29.7 Å². The lowest BCUT2D eigenvalue weighted by atomic mass is 9.97. The molecule has 2 nitrogen and oxygen atoms in total. The normalized spacial score (nSPS) is 15.5. The van der Waals surface area contributed by atoms with Crippen molar-refractivity contribution in [2.24, 2.45) is 4.99 Å². The molecule has 2 aromatic carbocycles. The largest absolute Gasteiger partial charge is 0.437 e. The molecule has 0 N–H and O–H groups in total. The zero-order chi connectivity index (χ0) is 16.4. The zero-order valence-corrected chi connectivity index (χ0v) is 15.5. The predicted molar refractivity (Wildman–Crippen MR) is 107 cm³/mol. The third kappa shape index (κ3) is 3.05. The van der Waals surface area contributed by atoms with E-state index in [9.17, 15) is 0 Å². The van der Waals surface area contributed by atoms with Crippen LogP contribution in [-0.4, -0.2) is 0 Å². The first-order valence-corrected chi connectivity index (χ1v) is 9.41. The number of rotatable bonds is 2. The van der Waals surface area contributed by atoms with Crippen LogP contribution in [0.5, 0.6) is 0 Å². The smallest absolute Gasteiger partial charge is 0.227 e. The van der Waals surface area contributed by atoms with Gasteiger partial charge in [-0.2, -0.15) is 0 Å². The first-order chi connectivity index (χ1) is 11.8. The third-order valence-electron chi connectivity index (χ3n) is 4.36. The molecule has 3 aromatic rings. The van der Waals surface area contributed by atoms with E-state index >= 15 is 0 Å². The van der Waals surface area contributed by atoms with E-state index in [2.05, 4.69) is 46.9 Å². The van der Waals surface area contributed by atoms with Crippen LogP contribution in [0.2, 0.25) is 0 Å². The summed E-state index contributed by atoms with van der Waals surface area (Å²) in [6.45, 7) is 0. The van der Waals surface area contributed by atoms with E-state index in [1.54, 1.807) is 0 Å². The Kier molecular flexibility index (Phi) is 4.52. The maximum Gasteiger partial charge on any atom is 0.227 e. The fraction of sp³-hybridized carbons (Fsp3) is 0.190. The Bertz CT molecular complexity index is 970. The molecule has 0 amide bonds. The van der Waals surface area contributed by atoms with Crippen molar-refractivity contribution in [2.75, 3.05) is 0 Å². The molecule has 24 heavy (non-hydrogen) atoms. The second-order valence-electron chi connectivity index (χ2n) is 6.02. The summed E-state index contributed by atoms with van der Waals surface area (Å²) >= 11 is 2.41. The predicted octanol–water partition coefficient (Wildman–Crippen LogP) is 6.23. The Labute approximate surface area is 155 Å². The Morgan fingerprint density at radius 2 is 1.62 bits per heavy atom. The molecule has 1 aliphatic carbocycles. The molecule has 0 aliphatic heterocycles. The SMILES string of the molecule is Ic1c(C2=CCCCC2)oc(=Nc2ccccc2)c2ccccc12. The first kappa shape index (κ1) is 15.6. The molecule has 0 saturated carbocycles. The van der Waals surface area contributed by atoms with E-state index in [1.807, 2.05) is 36.4 Å². The number of nitrogens with zero attached hydrogens (tertiary/aromatic N) is 1. The molecule has 3 heteroatoms. The number of fused-ring (bicyclic) bond motifs is 1. The Morgan fingerprint density at radius 3 is 2.38 bits per heavy atom. The molecule has 0 bridgehead atoms. The number of hydrogen-bond donors (Lipinski definition) is 0. The van der Waals surface area contributed by atoms with Gasteiger partial charge in [-0.05, 0) is 72.0 Å². The summed E-state index contributed by atoms with van der Waals surface area (Å²) in [5.41, 5.74) is 2.93. The minimum absolute atomic E-state index is 0.693. The summed E-state index contributed by atoms with van der Waals surface area (Å²) in [7, 11) is 0. The van der Waals surface area contributed by atoms with Gasteiger partial charge in [-0.15, -0.1) is 0 Å². The average Bonchev–Trinajstić information content (AvgIpc) is 2.66. The summed E-state index contributed by atoms with van der Waals surface area (Å²) in [4.78, 5) is 4.77. The van der Waals surface area contributed by atoms with Crippen LogP contribution in [0.25, 0.3) is 16.3 Å². The van der Waals surface area contributed by atoms with Crippen LogP contribution in [-0.2, 0) is 0 Å². The molecular formula is C21H18INO. The van der Waals surface area contributed by atoms with E-state index < -0.39 is 0 Å². The van der Waals surface area contributed by atoms with Gasteiger partial charge in [-0.25, -0.2) is 4.99 Å². The van der Waals surface area contributed by atoms with Gasteiger partial charge in [0, 0.05) is 10.8 Å². The van der Waals surface area contributed by atoms with Crippen LogP contribution in [0.1, 0.15) is 31.4 Å². The van der Waals surface area contributed by atoms with E-state index in [4.69, 9.17) is 9.41 Å². The molecule has 1 aromatic heterocycles. The Balaban J connectivity index is 2.00. The van der Waals surface area contributed by atoms with Gasteiger partial charge in [0.25, 0.3) is 0 Å². The Hall–Kier alpha value is -1.88. The van der Waals surface area contributed by atoms with Crippen molar-refractivity contribution in [3.05, 3.63) is 75.6 Å². The van der Waals surface area contributed by atoms with Crippen molar-refractivity contribution in [1.82, 2.24) is 0 Å². The minimum Gasteiger partial charge on any atom is -0.437 e. The second-order valence-corrected chi connectivity index (χ2v) is 7.10. The van der Waals surface area contributed by atoms with Gasteiger partial charge in [0.15, 0.2) is 0 Å². The van der Waals surface area contributed by atoms with Gasteiger partial charge in [0.05, 0.1) is 9.26 Å². The van der Waals surface area contributed by atoms with E-state index in [1.165, 1.54) is 27.4 Å². The van der Waals surface area contributed by atoms with Crippen molar-refractivity contribution in [1.29, 1.82) is 0 Å². The van der Waals surface area contributed by atoms with Crippen molar-refractivity contribution in [2.45, 2.75) is 25.7 Å². The standard InChI is InChI=1S/C21H18INO/c22-19-17-13-7-8-14-18(17)21(23-16-11-5-2-6-12-16)24-20(19)15-9-3-1-4-10-15/h2,5-9,11-14H,1,3-4,10H2. The van der Waals surface area contributed by atoms with Crippen LogP contribution in [0.4, 0.5) is 5.69 Å². The van der Waals surface area contributed by atoms with Crippen LogP contribution in [0.15, 0.2) is 70.1 Å². The first-order valence-electron chi connectivity index (χ1n) is 8.33. The van der Waals surface area contributed by atoms with Crippen molar-refractivity contribution in [3.8, 4) is 0 Å².